The van der Waals surface area contributed by atoms with Crippen LogP contribution in [0.2, 0.25) is 0 Å². The van der Waals surface area contributed by atoms with Gasteiger partial charge in [0.15, 0.2) is 0 Å². The Kier molecular flexibility index (Phi) is 4.16. The van der Waals surface area contributed by atoms with Gasteiger partial charge in [-0.2, -0.15) is 4.98 Å². The molecule has 1 N–H and O–H groups in total. The summed E-state index contributed by atoms with van der Waals surface area (Å²) in [6, 6.07) is 6.78. The van der Waals surface area contributed by atoms with Gasteiger partial charge in [0.05, 0.1) is 5.56 Å². The minimum atomic E-state index is -0.298. The van der Waals surface area contributed by atoms with Crippen LogP contribution in [0.5, 0.6) is 0 Å². The first-order valence-corrected chi connectivity index (χ1v) is 7.69. The second kappa shape index (κ2) is 6.27. The third-order valence-electron chi connectivity index (χ3n) is 3.53. The molecular weight excluding hydrogens is 308 g/mol. The van der Waals surface area contributed by atoms with E-state index < -0.39 is 0 Å². The van der Waals surface area contributed by atoms with E-state index >= 15 is 0 Å². The van der Waals surface area contributed by atoms with Gasteiger partial charge in [-0.05, 0) is 37.1 Å². The minimum absolute atomic E-state index is 0.105. The summed E-state index contributed by atoms with van der Waals surface area (Å²) in [7, 11) is 0. The van der Waals surface area contributed by atoms with E-state index in [4.69, 9.17) is 4.52 Å². The summed E-state index contributed by atoms with van der Waals surface area (Å²) in [5, 5.41) is 3.83. The summed E-state index contributed by atoms with van der Waals surface area (Å²) in [5.41, 5.74) is 0.869. The van der Waals surface area contributed by atoms with Crippen LogP contribution >= 0.6 is 0 Å². The Morgan fingerprint density at radius 1 is 1.21 bits per heavy atom. The van der Waals surface area contributed by atoms with Crippen molar-refractivity contribution in [3.63, 3.8) is 0 Å². The Labute approximate surface area is 138 Å². The van der Waals surface area contributed by atoms with Crippen molar-refractivity contribution in [3.8, 4) is 22.8 Å². The molecule has 0 aliphatic carbocycles. The van der Waals surface area contributed by atoms with Crippen LogP contribution in [0.4, 0.5) is 0 Å². The molecule has 0 saturated heterocycles. The van der Waals surface area contributed by atoms with Crippen LogP contribution < -0.4 is 11.1 Å². The number of H-pyrrole nitrogens is 1. The summed E-state index contributed by atoms with van der Waals surface area (Å²) in [5.74, 6) is 0.598. The van der Waals surface area contributed by atoms with E-state index in [1.807, 2.05) is 13.8 Å². The largest absolute Gasteiger partial charge is 0.333 e. The molecule has 0 bridgehead atoms. The maximum Gasteiger partial charge on any atom is 0.263 e. The van der Waals surface area contributed by atoms with E-state index in [-0.39, 0.29) is 22.8 Å². The fourth-order valence-corrected chi connectivity index (χ4v) is 2.43. The van der Waals surface area contributed by atoms with Gasteiger partial charge in [-0.1, -0.05) is 19.0 Å². The molecule has 3 aromatic heterocycles. The third kappa shape index (κ3) is 3.05. The van der Waals surface area contributed by atoms with Crippen LogP contribution in [0.1, 0.15) is 19.5 Å². The topological polar surface area (TPSA) is 93.8 Å². The van der Waals surface area contributed by atoms with Crippen molar-refractivity contribution in [2.24, 2.45) is 5.92 Å². The van der Waals surface area contributed by atoms with E-state index in [9.17, 15) is 9.59 Å². The second-order valence-corrected chi connectivity index (χ2v) is 6.08. The number of pyridine rings is 2. The fraction of sp³-hybridized carbons (Fsp3) is 0.294. The lowest BCUT2D eigenvalue weighted by atomic mass is 10.2. The van der Waals surface area contributed by atoms with Crippen molar-refractivity contribution < 1.29 is 4.52 Å². The normalized spacial score (nSPS) is 11.2. The first kappa shape index (κ1) is 15.9. The van der Waals surface area contributed by atoms with E-state index in [2.05, 4.69) is 15.1 Å². The van der Waals surface area contributed by atoms with Crippen molar-refractivity contribution in [3.05, 3.63) is 56.9 Å². The molecule has 7 nitrogen and oxygen atoms in total. The first-order valence-electron chi connectivity index (χ1n) is 7.69. The van der Waals surface area contributed by atoms with E-state index in [0.717, 1.165) is 5.69 Å². The van der Waals surface area contributed by atoms with Gasteiger partial charge in [-0.15, -0.1) is 0 Å². The molecule has 0 saturated carbocycles. The Bertz CT molecular complexity index is 982. The first-order chi connectivity index (χ1) is 11.5. The maximum atomic E-state index is 12.5. The lowest BCUT2D eigenvalue weighted by molar-refractivity contribution is 0.430. The zero-order valence-electron chi connectivity index (χ0n) is 13.7. The summed E-state index contributed by atoms with van der Waals surface area (Å²) in [6.07, 6.45) is 1.73. The second-order valence-electron chi connectivity index (χ2n) is 6.08. The third-order valence-corrected chi connectivity index (χ3v) is 3.53. The van der Waals surface area contributed by atoms with Crippen molar-refractivity contribution in [1.82, 2.24) is 19.7 Å². The molecule has 0 aliphatic rings. The molecule has 0 spiro atoms. The fourth-order valence-electron chi connectivity index (χ4n) is 2.43. The smallest absolute Gasteiger partial charge is 0.263 e. The maximum absolute atomic E-state index is 12.5. The van der Waals surface area contributed by atoms with Gasteiger partial charge in [0.25, 0.3) is 17.0 Å². The van der Waals surface area contributed by atoms with Crippen LogP contribution in [0.25, 0.3) is 22.8 Å². The van der Waals surface area contributed by atoms with Crippen LogP contribution in [0.15, 0.2) is 44.6 Å². The number of aromatic nitrogens is 4. The SMILES string of the molecule is Cc1ccc(-c2noc(-c3cccn(CC(C)C)c3=O)n2)c(=O)[nH]1. The minimum Gasteiger partial charge on any atom is -0.333 e. The quantitative estimate of drug-likeness (QED) is 0.793. The molecule has 7 heteroatoms. The summed E-state index contributed by atoms with van der Waals surface area (Å²) >= 11 is 0. The van der Waals surface area contributed by atoms with Gasteiger partial charge in [0.1, 0.15) is 5.56 Å². The Hall–Kier alpha value is -2.96. The van der Waals surface area contributed by atoms with Crippen molar-refractivity contribution in [2.75, 3.05) is 0 Å². The van der Waals surface area contributed by atoms with Gasteiger partial charge in [-0.25, -0.2) is 0 Å². The summed E-state index contributed by atoms with van der Waals surface area (Å²) in [4.78, 5) is 31.4. The number of aromatic amines is 1. The lowest BCUT2D eigenvalue weighted by Crippen LogP contribution is -2.23. The zero-order chi connectivity index (χ0) is 17.3. The molecule has 0 aliphatic heterocycles. The van der Waals surface area contributed by atoms with E-state index in [0.29, 0.717) is 23.6 Å². The highest BCUT2D eigenvalue weighted by molar-refractivity contribution is 5.58. The molecule has 3 heterocycles. The van der Waals surface area contributed by atoms with Crippen molar-refractivity contribution in [1.29, 1.82) is 0 Å². The number of hydrogen-bond donors (Lipinski definition) is 1. The van der Waals surface area contributed by atoms with E-state index in [1.165, 1.54) is 0 Å². The standard InChI is InChI=1S/C17H18N4O3/c1-10(2)9-21-8-4-5-13(17(21)23)16-19-14(20-24-16)12-7-6-11(3)18-15(12)22/h4-8,10H,9H2,1-3H3,(H,18,22). The highest BCUT2D eigenvalue weighted by Gasteiger charge is 2.16. The number of hydrogen-bond acceptors (Lipinski definition) is 5. The number of rotatable bonds is 4. The average Bonchev–Trinajstić information content (AvgIpc) is 2.98. The average molecular weight is 326 g/mol. The molecular formula is C17H18N4O3. The predicted octanol–water partition coefficient (Wildman–Crippen LogP) is 2.22. The molecule has 124 valence electrons. The molecule has 0 fully saturated rings. The highest BCUT2D eigenvalue weighted by Crippen LogP contribution is 2.17. The van der Waals surface area contributed by atoms with Crippen LogP contribution in [0, 0.1) is 12.8 Å². The van der Waals surface area contributed by atoms with E-state index in [1.54, 1.807) is 42.0 Å². The molecule has 0 amide bonds. The van der Waals surface area contributed by atoms with Gasteiger partial charge in [0.2, 0.25) is 5.82 Å². The summed E-state index contributed by atoms with van der Waals surface area (Å²) in [6.45, 7) is 6.46. The van der Waals surface area contributed by atoms with Crippen LogP contribution in [-0.4, -0.2) is 19.7 Å². The lowest BCUT2D eigenvalue weighted by Gasteiger charge is -2.08. The molecule has 3 aromatic rings. The Morgan fingerprint density at radius 3 is 2.71 bits per heavy atom. The van der Waals surface area contributed by atoms with Crippen molar-refractivity contribution >= 4 is 0 Å². The van der Waals surface area contributed by atoms with Crippen LogP contribution in [-0.2, 0) is 6.54 Å². The van der Waals surface area contributed by atoms with Gasteiger partial charge in [-0.3, -0.25) is 9.59 Å². The number of nitrogens with zero attached hydrogens (tertiary/aromatic N) is 3. The van der Waals surface area contributed by atoms with Gasteiger partial charge < -0.3 is 14.1 Å². The number of aryl methyl sites for hydroxylation is 1. The monoisotopic (exact) mass is 326 g/mol. The Morgan fingerprint density at radius 2 is 2.00 bits per heavy atom. The predicted molar refractivity (Wildman–Crippen MR) is 89.6 cm³/mol. The molecule has 24 heavy (non-hydrogen) atoms. The molecule has 0 radical (unpaired) electrons. The molecule has 0 atom stereocenters. The summed E-state index contributed by atoms with van der Waals surface area (Å²) < 4.78 is 6.82. The molecule has 0 unspecified atom stereocenters. The Balaban J connectivity index is 2.02. The van der Waals surface area contributed by atoms with Crippen LogP contribution in [0.3, 0.4) is 0 Å². The zero-order valence-corrected chi connectivity index (χ0v) is 13.7. The van der Waals surface area contributed by atoms with Crippen molar-refractivity contribution in [2.45, 2.75) is 27.3 Å². The number of nitrogens with one attached hydrogen (secondary N) is 1. The highest BCUT2D eigenvalue weighted by atomic mass is 16.5. The van der Waals surface area contributed by atoms with Gasteiger partial charge >= 0.3 is 0 Å². The molecule has 0 aromatic carbocycles. The van der Waals surface area contributed by atoms with Gasteiger partial charge in [0, 0.05) is 18.4 Å². The molecule has 3 rings (SSSR count).